The van der Waals surface area contributed by atoms with E-state index in [0.717, 1.165) is 6.42 Å². The molecule has 0 fully saturated rings. The summed E-state index contributed by atoms with van der Waals surface area (Å²) in [5.74, 6) is 0. The highest BCUT2D eigenvalue weighted by molar-refractivity contribution is 4.50. The molecule has 1 unspecified atom stereocenters. The fraction of sp³-hybridized carbons (Fsp3) is 1.00. The highest BCUT2D eigenvalue weighted by Crippen LogP contribution is 2.00. The molecule has 0 aliphatic rings. The number of hydrogen-bond donors (Lipinski definition) is 0. The molecule has 0 aliphatic carbocycles. The molecule has 0 aromatic carbocycles. The summed E-state index contributed by atoms with van der Waals surface area (Å²) in [5.41, 5.74) is 8.78. The van der Waals surface area contributed by atoms with Gasteiger partial charge >= 0.3 is 0 Å². The van der Waals surface area contributed by atoms with Gasteiger partial charge in [0.2, 0.25) is 0 Å². The standard InChI is InChI=1S/C7H15N/c1-3-4-5-6-7(2)8/h7H,3-6H2,1-2H3. The van der Waals surface area contributed by atoms with E-state index in [-0.39, 0.29) is 6.04 Å². The zero-order chi connectivity index (χ0) is 6.41. The van der Waals surface area contributed by atoms with Gasteiger partial charge in [0, 0.05) is 6.04 Å². The lowest BCUT2D eigenvalue weighted by Crippen LogP contribution is -2.00. The Morgan fingerprint density at radius 1 is 1.38 bits per heavy atom. The first-order chi connectivity index (χ1) is 3.77. The van der Waals surface area contributed by atoms with Crippen molar-refractivity contribution < 1.29 is 0 Å². The van der Waals surface area contributed by atoms with Crippen molar-refractivity contribution in [3.63, 3.8) is 0 Å². The van der Waals surface area contributed by atoms with Gasteiger partial charge in [-0.3, -0.25) is 0 Å². The summed E-state index contributed by atoms with van der Waals surface area (Å²) in [6.45, 7) is 4.01. The lowest BCUT2D eigenvalue weighted by atomic mass is 10.1. The van der Waals surface area contributed by atoms with Crippen molar-refractivity contribution >= 4 is 0 Å². The van der Waals surface area contributed by atoms with Crippen molar-refractivity contribution in [3.05, 3.63) is 0 Å². The van der Waals surface area contributed by atoms with E-state index in [4.69, 9.17) is 5.73 Å². The first-order valence-corrected chi connectivity index (χ1v) is 3.45. The minimum absolute atomic E-state index is 0.0958. The first-order valence-electron chi connectivity index (χ1n) is 3.45. The van der Waals surface area contributed by atoms with Gasteiger partial charge in [0.05, 0.1) is 0 Å². The van der Waals surface area contributed by atoms with Crippen molar-refractivity contribution in [2.24, 2.45) is 0 Å². The maximum atomic E-state index is 8.78. The van der Waals surface area contributed by atoms with E-state index in [9.17, 15) is 0 Å². The van der Waals surface area contributed by atoms with E-state index in [1.54, 1.807) is 0 Å². The summed E-state index contributed by atoms with van der Waals surface area (Å²) in [7, 11) is 0. The molecule has 0 aliphatic heterocycles. The van der Waals surface area contributed by atoms with Crippen LogP contribution in [0.4, 0.5) is 0 Å². The maximum absolute atomic E-state index is 8.78. The summed E-state index contributed by atoms with van der Waals surface area (Å²) in [4.78, 5) is 0. The fourth-order valence-electron chi connectivity index (χ4n) is 0.690. The lowest BCUT2D eigenvalue weighted by molar-refractivity contribution is 0.581. The highest BCUT2D eigenvalue weighted by Gasteiger charge is 1.93. The maximum Gasteiger partial charge on any atom is 0.0405 e. The van der Waals surface area contributed by atoms with E-state index < -0.39 is 0 Å². The predicted molar refractivity (Wildman–Crippen MR) is 35.7 cm³/mol. The van der Waals surface area contributed by atoms with Gasteiger partial charge in [-0.2, -0.15) is 0 Å². The van der Waals surface area contributed by atoms with Crippen LogP contribution >= 0.6 is 0 Å². The summed E-state index contributed by atoms with van der Waals surface area (Å²) in [6.07, 6.45) is 4.64. The Morgan fingerprint density at radius 2 is 2.00 bits per heavy atom. The average molecular weight is 113 g/mol. The summed E-state index contributed by atoms with van der Waals surface area (Å²) >= 11 is 0. The predicted octanol–water partition coefficient (Wildman–Crippen LogP) is 2.02. The Balaban J connectivity index is 2.72. The molecule has 8 heavy (non-hydrogen) atoms. The molecule has 1 heteroatoms. The zero-order valence-corrected chi connectivity index (χ0v) is 5.85. The van der Waals surface area contributed by atoms with Gasteiger partial charge in [0.1, 0.15) is 0 Å². The molecule has 0 amide bonds. The second-order valence-corrected chi connectivity index (χ2v) is 2.34. The molecule has 0 saturated heterocycles. The molecule has 1 nitrogen and oxygen atoms in total. The normalized spacial score (nSPS) is 13.9. The zero-order valence-electron chi connectivity index (χ0n) is 5.85. The number of hydrogen-bond acceptors (Lipinski definition) is 0. The average Bonchev–Trinajstić information content (AvgIpc) is 1.66. The molecule has 0 rings (SSSR count). The van der Waals surface area contributed by atoms with E-state index >= 15 is 0 Å². The smallest absolute Gasteiger partial charge is 0.0405 e. The van der Waals surface area contributed by atoms with Crippen LogP contribution in [0.25, 0.3) is 0 Å². The van der Waals surface area contributed by atoms with Crippen LogP contribution in [0.1, 0.15) is 39.5 Å². The molecule has 0 saturated carbocycles. The van der Waals surface area contributed by atoms with Crippen molar-refractivity contribution in [1.29, 1.82) is 0 Å². The van der Waals surface area contributed by atoms with Gasteiger partial charge in [0.15, 0.2) is 0 Å². The van der Waals surface area contributed by atoms with Crippen LogP contribution in [-0.2, 0) is 0 Å². The van der Waals surface area contributed by atoms with Crippen LogP contribution in [0.15, 0.2) is 0 Å². The van der Waals surface area contributed by atoms with Crippen LogP contribution in [0.3, 0.4) is 0 Å². The molecule has 0 N–H and O–H groups in total. The van der Waals surface area contributed by atoms with Gasteiger partial charge in [-0.05, 0) is 13.3 Å². The summed E-state index contributed by atoms with van der Waals surface area (Å²) < 4.78 is 0. The van der Waals surface area contributed by atoms with E-state index in [0.29, 0.717) is 0 Å². The minimum atomic E-state index is -0.0958. The van der Waals surface area contributed by atoms with Crippen molar-refractivity contribution in [3.8, 4) is 0 Å². The Labute approximate surface area is 52.3 Å². The highest BCUT2D eigenvalue weighted by atomic mass is 14.6. The Morgan fingerprint density at radius 3 is 2.38 bits per heavy atom. The molecule has 2 radical (unpaired) electrons. The largest absolute Gasteiger partial charge is 0.141 e. The van der Waals surface area contributed by atoms with Gasteiger partial charge in [0.25, 0.3) is 0 Å². The molecular formula is C7H15N. The van der Waals surface area contributed by atoms with Crippen molar-refractivity contribution in [2.75, 3.05) is 0 Å². The summed E-state index contributed by atoms with van der Waals surface area (Å²) in [6, 6.07) is -0.0958. The second kappa shape index (κ2) is 5.10. The van der Waals surface area contributed by atoms with Crippen molar-refractivity contribution in [2.45, 2.75) is 45.6 Å². The lowest BCUT2D eigenvalue weighted by Gasteiger charge is -1.98. The quantitative estimate of drug-likeness (QED) is 0.498. The molecule has 0 bridgehead atoms. The van der Waals surface area contributed by atoms with Crippen LogP contribution in [-0.4, -0.2) is 6.04 Å². The Hall–Kier alpha value is -0.0400. The Bertz CT molecular complexity index is 41.7. The van der Waals surface area contributed by atoms with E-state index in [1.165, 1.54) is 19.3 Å². The third-order valence-corrected chi connectivity index (χ3v) is 1.23. The molecule has 0 aromatic rings. The van der Waals surface area contributed by atoms with E-state index in [1.807, 2.05) is 6.92 Å². The Kier molecular flexibility index (Phi) is 5.08. The SMILES string of the molecule is CCCCCC(C)[N]. The topological polar surface area (TPSA) is 22.3 Å². The van der Waals surface area contributed by atoms with Crippen LogP contribution in [0.2, 0.25) is 0 Å². The number of nitrogens with zero attached hydrogens (tertiary/aromatic N) is 1. The molecular weight excluding hydrogens is 98.1 g/mol. The molecule has 0 aromatic heterocycles. The monoisotopic (exact) mass is 113 g/mol. The fourth-order valence-corrected chi connectivity index (χ4v) is 0.690. The third-order valence-electron chi connectivity index (χ3n) is 1.23. The van der Waals surface area contributed by atoms with Gasteiger partial charge in [-0.15, -0.1) is 5.73 Å². The second-order valence-electron chi connectivity index (χ2n) is 2.34. The molecule has 0 heterocycles. The molecule has 0 spiro atoms. The third kappa shape index (κ3) is 5.96. The number of rotatable bonds is 4. The van der Waals surface area contributed by atoms with Crippen LogP contribution < -0.4 is 5.73 Å². The minimum Gasteiger partial charge on any atom is -0.141 e. The van der Waals surface area contributed by atoms with Gasteiger partial charge in [-0.25, -0.2) is 0 Å². The van der Waals surface area contributed by atoms with Crippen LogP contribution in [0.5, 0.6) is 0 Å². The van der Waals surface area contributed by atoms with E-state index in [2.05, 4.69) is 6.92 Å². The molecule has 48 valence electrons. The van der Waals surface area contributed by atoms with Crippen molar-refractivity contribution in [1.82, 2.24) is 5.73 Å². The van der Waals surface area contributed by atoms with Crippen LogP contribution in [0, 0.1) is 0 Å². The number of unbranched alkanes of at least 4 members (excludes halogenated alkanes) is 2. The summed E-state index contributed by atoms with van der Waals surface area (Å²) in [5, 5.41) is 0. The first kappa shape index (κ1) is 7.96. The molecule has 1 atom stereocenters. The van der Waals surface area contributed by atoms with Gasteiger partial charge in [-0.1, -0.05) is 26.2 Å². The van der Waals surface area contributed by atoms with Gasteiger partial charge < -0.3 is 0 Å².